The Bertz CT molecular complexity index is 649. The van der Waals surface area contributed by atoms with Gasteiger partial charge in [0.2, 0.25) is 0 Å². The molecule has 0 saturated heterocycles. The van der Waals surface area contributed by atoms with E-state index in [1.165, 1.54) is 12.1 Å². The second-order valence-electron chi connectivity index (χ2n) is 3.74. The summed E-state index contributed by atoms with van der Waals surface area (Å²) in [6.45, 7) is 0. The van der Waals surface area contributed by atoms with Crippen molar-refractivity contribution < 1.29 is 9.18 Å². The number of carbonyl (C=O) groups excluding carboxylic acids is 1. The van der Waals surface area contributed by atoms with Crippen LogP contribution in [0.2, 0.25) is 0 Å². The summed E-state index contributed by atoms with van der Waals surface area (Å²) in [4.78, 5) is 12.6. The van der Waals surface area contributed by atoms with Gasteiger partial charge in [0, 0.05) is 15.1 Å². The van der Waals surface area contributed by atoms with E-state index in [0.29, 0.717) is 20.6 Å². The summed E-state index contributed by atoms with van der Waals surface area (Å²) < 4.78 is 14.5. The number of amides is 1. The quantitative estimate of drug-likeness (QED) is 0.685. The number of anilines is 1. The van der Waals surface area contributed by atoms with Crippen molar-refractivity contribution >= 4 is 56.1 Å². The molecule has 0 aliphatic carbocycles. The van der Waals surface area contributed by atoms with E-state index in [2.05, 4.69) is 49.8 Å². The lowest BCUT2D eigenvalue weighted by Crippen LogP contribution is -2.12. The maximum atomic E-state index is 13.3. The zero-order valence-electron chi connectivity index (χ0n) is 9.45. The van der Waals surface area contributed by atoms with Gasteiger partial charge in [-0.2, -0.15) is 0 Å². The average Bonchev–Trinajstić information content (AvgIpc) is 2.33. The fourth-order valence-corrected chi connectivity index (χ4v) is 2.57. The van der Waals surface area contributed by atoms with Gasteiger partial charge >= 0.3 is 0 Å². The average molecular weight is 405 g/mol. The maximum absolute atomic E-state index is 13.3. The Balaban J connectivity index is 2.23. The van der Waals surface area contributed by atoms with E-state index in [4.69, 9.17) is 0 Å². The van der Waals surface area contributed by atoms with Crippen LogP contribution in [0.3, 0.4) is 0 Å². The molecule has 0 fully saturated rings. The molecule has 1 N–H and O–H groups in total. The molecule has 2 aromatic rings. The SMILES string of the molecule is O=C(Nc1ccc(Br)c(F)c1)c1ccc(Br)cc1S. The molecule has 0 saturated carbocycles. The summed E-state index contributed by atoms with van der Waals surface area (Å²) in [6, 6.07) is 9.52. The second kappa shape index (κ2) is 6.07. The number of nitrogens with one attached hydrogen (secondary N) is 1. The highest BCUT2D eigenvalue weighted by atomic mass is 79.9. The first kappa shape index (κ1) is 14.6. The van der Waals surface area contributed by atoms with Crippen molar-refractivity contribution in [3.63, 3.8) is 0 Å². The molecule has 0 aliphatic rings. The second-order valence-corrected chi connectivity index (χ2v) is 6.00. The highest BCUT2D eigenvalue weighted by Gasteiger charge is 2.11. The van der Waals surface area contributed by atoms with Crippen LogP contribution in [0, 0.1) is 5.82 Å². The van der Waals surface area contributed by atoms with Gasteiger partial charge in [0.05, 0.1) is 10.0 Å². The van der Waals surface area contributed by atoms with Crippen LogP contribution in [-0.4, -0.2) is 5.91 Å². The molecule has 0 aromatic heterocycles. The summed E-state index contributed by atoms with van der Waals surface area (Å²) in [5.74, 6) is -0.765. The lowest BCUT2D eigenvalue weighted by Gasteiger charge is -2.08. The topological polar surface area (TPSA) is 29.1 Å². The van der Waals surface area contributed by atoms with E-state index < -0.39 is 5.82 Å². The van der Waals surface area contributed by atoms with Crippen molar-refractivity contribution in [1.82, 2.24) is 0 Å². The molecule has 0 radical (unpaired) electrons. The Hall–Kier alpha value is -0.850. The summed E-state index contributed by atoms with van der Waals surface area (Å²) in [5, 5.41) is 2.62. The predicted octanol–water partition coefficient (Wildman–Crippen LogP) is 4.89. The van der Waals surface area contributed by atoms with Crippen molar-refractivity contribution in [1.29, 1.82) is 0 Å². The van der Waals surface area contributed by atoms with Gasteiger partial charge in [-0.05, 0) is 52.3 Å². The van der Waals surface area contributed by atoms with Gasteiger partial charge in [0.15, 0.2) is 0 Å². The molecule has 0 atom stereocenters. The predicted molar refractivity (Wildman–Crippen MR) is 83.4 cm³/mol. The lowest BCUT2D eigenvalue weighted by atomic mass is 10.2. The van der Waals surface area contributed by atoms with E-state index in [9.17, 15) is 9.18 Å². The number of hydrogen-bond acceptors (Lipinski definition) is 2. The van der Waals surface area contributed by atoms with Gasteiger partial charge in [0.25, 0.3) is 5.91 Å². The van der Waals surface area contributed by atoms with Crippen LogP contribution >= 0.6 is 44.5 Å². The highest BCUT2D eigenvalue weighted by Crippen LogP contribution is 2.23. The van der Waals surface area contributed by atoms with Gasteiger partial charge in [-0.15, -0.1) is 12.6 Å². The highest BCUT2D eigenvalue weighted by molar-refractivity contribution is 9.10. The number of rotatable bonds is 2. The van der Waals surface area contributed by atoms with Crippen molar-refractivity contribution in [3.05, 3.63) is 56.7 Å². The first-order chi connectivity index (χ1) is 8.97. The summed E-state index contributed by atoms with van der Waals surface area (Å²) in [6.07, 6.45) is 0. The molecule has 98 valence electrons. The number of carbonyl (C=O) groups is 1. The van der Waals surface area contributed by atoms with Crippen LogP contribution < -0.4 is 5.32 Å². The van der Waals surface area contributed by atoms with E-state index in [0.717, 1.165) is 4.47 Å². The van der Waals surface area contributed by atoms with Crippen LogP contribution in [0.4, 0.5) is 10.1 Å². The largest absolute Gasteiger partial charge is 0.322 e. The summed E-state index contributed by atoms with van der Waals surface area (Å²) in [5.41, 5.74) is 0.816. The van der Waals surface area contributed by atoms with Crippen molar-refractivity contribution in [3.8, 4) is 0 Å². The van der Waals surface area contributed by atoms with Gasteiger partial charge in [-0.1, -0.05) is 15.9 Å². The third-order valence-electron chi connectivity index (χ3n) is 2.38. The number of hydrogen-bond donors (Lipinski definition) is 2. The van der Waals surface area contributed by atoms with Crippen molar-refractivity contribution in [2.24, 2.45) is 0 Å². The van der Waals surface area contributed by atoms with Gasteiger partial charge in [-0.3, -0.25) is 4.79 Å². The molecule has 2 aromatic carbocycles. The van der Waals surface area contributed by atoms with Crippen LogP contribution in [0.5, 0.6) is 0 Å². The smallest absolute Gasteiger partial charge is 0.256 e. The number of halogens is 3. The van der Waals surface area contributed by atoms with Gasteiger partial charge in [0.1, 0.15) is 5.82 Å². The van der Waals surface area contributed by atoms with Crippen molar-refractivity contribution in [2.45, 2.75) is 4.90 Å². The maximum Gasteiger partial charge on any atom is 0.256 e. The minimum absolute atomic E-state index is 0.334. The zero-order chi connectivity index (χ0) is 14.0. The van der Waals surface area contributed by atoms with E-state index in [1.807, 2.05) is 0 Å². The standard InChI is InChI=1S/C13H8Br2FNOS/c14-7-1-3-9(12(19)5-7)13(18)17-8-2-4-10(15)11(16)6-8/h1-6,19H,(H,17,18). The summed E-state index contributed by atoms with van der Waals surface area (Å²) >= 11 is 10.6. The van der Waals surface area contributed by atoms with E-state index in [-0.39, 0.29) is 5.91 Å². The first-order valence-corrected chi connectivity index (χ1v) is 7.25. The Kier molecular flexibility index (Phi) is 4.65. The molecule has 19 heavy (non-hydrogen) atoms. The molecule has 0 spiro atoms. The van der Waals surface area contributed by atoms with Crippen molar-refractivity contribution in [2.75, 3.05) is 5.32 Å². The fraction of sp³-hybridized carbons (Fsp3) is 0. The third kappa shape index (κ3) is 3.58. The first-order valence-electron chi connectivity index (χ1n) is 5.22. The van der Waals surface area contributed by atoms with Gasteiger partial charge in [-0.25, -0.2) is 4.39 Å². The number of thiol groups is 1. The molecular weight excluding hydrogens is 397 g/mol. The fourth-order valence-electron chi connectivity index (χ4n) is 1.47. The Labute approximate surface area is 132 Å². The Morgan fingerprint density at radius 3 is 2.53 bits per heavy atom. The molecule has 2 rings (SSSR count). The molecule has 2 nitrogen and oxygen atoms in total. The third-order valence-corrected chi connectivity index (χ3v) is 3.89. The monoisotopic (exact) mass is 403 g/mol. The van der Waals surface area contributed by atoms with Crippen LogP contribution in [0.1, 0.15) is 10.4 Å². The molecule has 0 heterocycles. The normalized spacial score (nSPS) is 10.3. The Morgan fingerprint density at radius 2 is 1.89 bits per heavy atom. The van der Waals surface area contributed by atoms with Crippen LogP contribution in [0.25, 0.3) is 0 Å². The molecule has 0 aliphatic heterocycles. The number of benzene rings is 2. The minimum atomic E-state index is -0.431. The summed E-state index contributed by atoms with van der Waals surface area (Å²) in [7, 11) is 0. The minimum Gasteiger partial charge on any atom is -0.322 e. The lowest BCUT2D eigenvalue weighted by molar-refractivity contribution is 0.102. The molecule has 0 unspecified atom stereocenters. The van der Waals surface area contributed by atoms with Crippen LogP contribution in [0.15, 0.2) is 50.2 Å². The Morgan fingerprint density at radius 1 is 1.16 bits per heavy atom. The van der Waals surface area contributed by atoms with Gasteiger partial charge < -0.3 is 5.32 Å². The van der Waals surface area contributed by atoms with E-state index in [1.54, 1.807) is 24.3 Å². The molecule has 1 amide bonds. The van der Waals surface area contributed by atoms with Crippen LogP contribution in [-0.2, 0) is 0 Å². The molecular formula is C13H8Br2FNOS. The molecule has 0 bridgehead atoms. The zero-order valence-corrected chi connectivity index (χ0v) is 13.5. The molecule has 6 heteroatoms. The van der Waals surface area contributed by atoms with E-state index >= 15 is 0 Å².